The molecular formula is C62H41N7Si. The maximum atomic E-state index is 5.28. The predicted octanol–water partition coefficient (Wildman–Crippen LogP) is 11.7. The van der Waals surface area contributed by atoms with Crippen molar-refractivity contribution in [1.29, 1.82) is 0 Å². The van der Waals surface area contributed by atoms with E-state index in [1.807, 2.05) is 0 Å². The highest BCUT2D eigenvalue weighted by Crippen LogP contribution is 2.38. The lowest BCUT2D eigenvalue weighted by atomic mass is 10.1. The number of rotatable bonds is 7. The molecule has 0 aliphatic carbocycles. The lowest BCUT2D eigenvalue weighted by Gasteiger charge is -2.34. The molecule has 7 nitrogen and oxygen atoms in total. The minimum atomic E-state index is -2.86. The number of fused-ring (bicyclic) bond motifs is 13. The molecule has 5 heterocycles. The van der Waals surface area contributed by atoms with Gasteiger partial charge >= 0.3 is 0 Å². The molecule has 0 unspecified atom stereocenters. The molecule has 15 aromatic rings. The third-order valence-electron chi connectivity index (χ3n) is 14.6. The van der Waals surface area contributed by atoms with E-state index in [1.54, 1.807) is 0 Å². The molecule has 0 radical (unpaired) electrons. The Morgan fingerprint density at radius 1 is 0.257 bits per heavy atom. The van der Waals surface area contributed by atoms with Crippen LogP contribution in [0, 0.1) is 0 Å². The molecule has 0 N–H and O–H groups in total. The summed E-state index contributed by atoms with van der Waals surface area (Å²) in [4.78, 5) is 10.5. The molecule has 0 bridgehead atoms. The molecule has 0 aliphatic rings. The molecule has 0 aliphatic heterocycles. The second-order valence-corrected chi connectivity index (χ2v) is 22.1. The number of aromatic nitrogens is 7. The third-order valence-corrected chi connectivity index (χ3v) is 19.4. The van der Waals surface area contributed by atoms with Gasteiger partial charge in [-0.3, -0.25) is 17.9 Å². The second kappa shape index (κ2) is 14.9. The fourth-order valence-corrected chi connectivity index (χ4v) is 16.5. The Kier molecular flexibility index (Phi) is 8.25. The van der Waals surface area contributed by atoms with Crippen molar-refractivity contribution in [2.75, 3.05) is 0 Å². The van der Waals surface area contributed by atoms with E-state index >= 15 is 0 Å². The zero-order valence-corrected chi connectivity index (χ0v) is 38.8. The monoisotopic (exact) mass is 911 g/mol. The molecule has 328 valence electrons. The molecule has 0 saturated carbocycles. The number of para-hydroxylation sites is 8. The molecular weight excluding hydrogens is 871 g/mol. The van der Waals surface area contributed by atoms with Gasteiger partial charge in [0.2, 0.25) is 11.6 Å². The Hall–Kier alpha value is -9.24. The van der Waals surface area contributed by atoms with Crippen molar-refractivity contribution in [3.63, 3.8) is 0 Å². The SMILES string of the molecule is c1ccc([Si](c2ccccc2)(c2ccccc2)c2cccc(-n3c4ccc(-n5c6ccccc6n6c7ccccc7nc56)cc4c4ccc(-n5c6ccccc6n6c7ccccc7nc56)cc43)c2)cc1. The van der Waals surface area contributed by atoms with Gasteiger partial charge in [0.05, 0.1) is 60.9 Å². The molecule has 10 aromatic carbocycles. The van der Waals surface area contributed by atoms with E-state index in [0.717, 1.165) is 94.6 Å². The van der Waals surface area contributed by atoms with E-state index < -0.39 is 8.07 Å². The van der Waals surface area contributed by atoms with Gasteiger partial charge in [-0.25, -0.2) is 9.97 Å². The van der Waals surface area contributed by atoms with E-state index in [9.17, 15) is 0 Å². The molecule has 70 heavy (non-hydrogen) atoms. The number of benzene rings is 10. The van der Waals surface area contributed by atoms with E-state index in [0.29, 0.717) is 0 Å². The Labute approximate surface area is 402 Å². The first-order valence-corrected chi connectivity index (χ1v) is 25.8. The topological polar surface area (TPSA) is 49.4 Å². The second-order valence-electron chi connectivity index (χ2n) is 18.3. The van der Waals surface area contributed by atoms with Crippen LogP contribution in [0.2, 0.25) is 0 Å². The van der Waals surface area contributed by atoms with E-state index in [1.165, 1.54) is 20.7 Å². The van der Waals surface area contributed by atoms with Crippen molar-refractivity contribution in [3.05, 3.63) is 249 Å². The lowest BCUT2D eigenvalue weighted by molar-refractivity contribution is 1.10. The Bertz CT molecular complexity index is 4440. The maximum absolute atomic E-state index is 5.28. The van der Waals surface area contributed by atoms with Gasteiger partial charge in [0.1, 0.15) is 0 Å². The first-order valence-electron chi connectivity index (χ1n) is 23.8. The quantitative estimate of drug-likeness (QED) is 0.118. The van der Waals surface area contributed by atoms with Crippen LogP contribution < -0.4 is 20.7 Å². The van der Waals surface area contributed by atoms with Gasteiger partial charge in [0.15, 0.2) is 8.07 Å². The summed E-state index contributed by atoms with van der Waals surface area (Å²) < 4.78 is 11.7. The van der Waals surface area contributed by atoms with Crippen LogP contribution in [0.15, 0.2) is 249 Å². The zero-order chi connectivity index (χ0) is 45.9. The van der Waals surface area contributed by atoms with Crippen molar-refractivity contribution in [2.45, 2.75) is 0 Å². The zero-order valence-electron chi connectivity index (χ0n) is 37.8. The smallest absolute Gasteiger partial charge is 0.220 e. The fraction of sp³-hybridized carbons (Fsp3) is 0. The Morgan fingerprint density at radius 2 is 0.686 bits per heavy atom. The first-order chi connectivity index (χ1) is 34.7. The summed E-state index contributed by atoms with van der Waals surface area (Å²) in [5, 5.41) is 7.64. The van der Waals surface area contributed by atoms with Crippen molar-refractivity contribution in [2.24, 2.45) is 0 Å². The van der Waals surface area contributed by atoms with Crippen LogP contribution in [-0.2, 0) is 0 Å². The standard InChI is InChI=1S/C62H41N7Si/c1-4-20-45(21-5-1)70(46-22-6-2-7-23-46,47-24-8-3-9-25-47)48-26-18-19-42(39-48)65-53-38-36-43(66-56-31-14-16-33-58(56)68-54-29-12-10-27-51(54)63-61(66)68)40-50(53)49-37-35-44(41-60(49)65)67-57-32-15-17-34-59(57)69-55-30-13-11-28-52(55)64-62(67)69/h1-41H. The summed E-state index contributed by atoms with van der Waals surface area (Å²) in [5.41, 5.74) is 14.0. The van der Waals surface area contributed by atoms with Crippen molar-refractivity contribution in [1.82, 2.24) is 32.5 Å². The van der Waals surface area contributed by atoms with Gasteiger partial charge in [-0.1, -0.05) is 158 Å². The van der Waals surface area contributed by atoms with Gasteiger partial charge in [-0.05, 0) is 112 Å². The average Bonchev–Trinajstić information content (AvgIpc) is 4.23. The number of nitrogens with zero attached hydrogens (tertiary/aromatic N) is 7. The normalized spacial score (nSPS) is 12.3. The summed E-state index contributed by atoms with van der Waals surface area (Å²) in [6.07, 6.45) is 0. The largest absolute Gasteiger partial charge is 0.309 e. The molecule has 0 fully saturated rings. The van der Waals surface area contributed by atoms with Crippen molar-refractivity contribution in [3.8, 4) is 17.1 Å². The van der Waals surface area contributed by atoms with Crippen LogP contribution in [-0.4, -0.2) is 40.5 Å². The highest BCUT2D eigenvalue weighted by atomic mass is 28.3. The number of imidazole rings is 4. The van der Waals surface area contributed by atoms with Crippen LogP contribution in [0.1, 0.15) is 0 Å². The lowest BCUT2D eigenvalue weighted by Crippen LogP contribution is -2.74. The Balaban J connectivity index is 1.03. The Morgan fingerprint density at radius 3 is 1.23 bits per heavy atom. The third kappa shape index (κ3) is 5.39. The highest BCUT2D eigenvalue weighted by Gasteiger charge is 2.41. The van der Waals surface area contributed by atoms with Crippen LogP contribution in [0.3, 0.4) is 0 Å². The molecule has 8 heteroatoms. The molecule has 0 spiro atoms. The summed E-state index contributed by atoms with van der Waals surface area (Å²) in [7, 11) is -2.86. The van der Waals surface area contributed by atoms with Gasteiger partial charge in [0.25, 0.3) is 0 Å². The van der Waals surface area contributed by atoms with Gasteiger partial charge in [-0.15, -0.1) is 0 Å². The average molecular weight is 912 g/mol. The highest BCUT2D eigenvalue weighted by molar-refractivity contribution is 7.19. The minimum absolute atomic E-state index is 0.883. The van der Waals surface area contributed by atoms with Crippen molar-refractivity contribution >= 4 is 106 Å². The van der Waals surface area contributed by atoms with Gasteiger partial charge in [0, 0.05) is 22.1 Å². The van der Waals surface area contributed by atoms with Gasteiger partial charge in [-0.2, -0.15) is 0 Å². The molecule has 0 amide bonds. The molecule has 15 rings (SSSR count). The van der Waals surface area contributed by atoms with E-state index in [-0.39, 0.29) is 0 Å². The van der Waals surface area contributed by atoms with Crippen LogP contribution in [0.25, 0.3) is 94.6 Å². The minimum Gasteiger partial charge on any atom is -0.309 e. The van der Waals surface area contributed by atoms with E-state index in [4.69, 9.17) is 9.97 Å². The van der Waals surface area contributed by atoms with Gasteiger partial charge < -0.3 is 4.57 Å². The first kappa shape index (κ1) is 38.8. The fourth-order valence-electron chi connectivity index (χ4n) is 11.7. The summed E-state index contributed by atoms with van der Waals surface area (Å²) in [5.74, 6) is 1.77. The molecule has 5 aromatic heterocycles. The van der Waals surface area contributed by atoms with E-state index in [2.05, 4.69) is 271 Å². The number of hydrogen-bond donors (Lipinski definition) is 0. The van der Waals surface area contributed by atoms with Crippen LogP contribution in [0.4, 0.5) is 0 Å². The maximum Gasteiger partial charge on any atom is 0.220 e. The molecule has 0 saturated heterocycles. The summed E-state index contributed by atoms with van der Waals surface area (Å²) in [6, 6.07) is 90.9. The van der Waals surface area contributed by atoms with Crippen LogP contribution in [0.5, 0.6) is 0 Å². The summed E-state index contributed by atoms with van der Waals surface area (Å²) >= 11 is 0. The number of hydrogen-bond acceptors (Lipinski definition) is 2. The molecule has 0 atom stereocenters. The predicted molar refractivity (Wildman–Crippen MR) is 291 cm³/mol. The van der Waals surface area contributed by atoms with Crippen molar-refractivity contribution < 1.29 is 0 Å². The summed E-state index contributed by atoms with van der Waals surface area (Å²) in [6.45, 7) is 0. The van der Waals surface area contributed by atoms with Crippen LogP contribution >= 0.6 is 0 Å².